The number of benzene rings is 1. The summed E-state index contributed by atoms with van der Waals surface area (Å²) in [7, 11) is 0. The highest BCUT2D eigenvalue weighted by molar-refractivity contribution is 7.99. The van der Waals surface area contributed by atoms with Crippen molar-refractivity contribution in [2.75, 3.05) is 5.75 Å². The molecule has 0 aliphatic rings. The van der Waals surface area contributed by atoms with Gasteiger partial charge in [0.1, 0.15) is 5.41 Å². The molecule has 19 heavy (non-hydrogen) atoms. The van der Waals surface area contributed by atoms with E-state index >= 15 is 0 Å². The maximum absolute atomic E-state index is 11.5. The number of nitrogens with zero attached hydrogens (tertiary/aromatic N) is 1. The SMILES string of the molecule is N#CCC(CCSc1ccccc1)(C(N)=O)C(N)=O. The number of carbonyl (C=O) groups is 2. The summed E-state index contributed by atoms with van der Waals surface area (Å²) in [5.74, 6) is -1.19. The predicted molar refractivity (Wildman–Crippen MR) is 72.8 cm³/mol. The molecule has 0 fully saturated rings. The number of carbonyl (C=O) groups excluding carboxylic acids is 2. The van der Waals surface area contributed by atoms with E-state index in [4.69, 9.17) is 16.7 Å². The van der Waals surface area contributed by atoms with Gasteiger partial charge in [-0.3, -0.25) is 9.59 Å². The summed E-state index contributed by atoms with van der Waals surface area (Å²) < 4.78 is 0. The summed E-state index contributed by atoms with van der Waals surface area (Å²) in [5, 5.41) is 8.74. The van der Waals surface area contributed by atoms with Gasteiger partial charge in [-0.15, -0.1) is 11.8 Å². The number of amides is 2. The molecule has 0 saturated heterocycles. The van der Waals surface area contributed by atoms with Crippen LogP contribution >= 0.6 is 11.8 Å². The number of thioether (sulfide) groups is 1. The molecule has 2 amide bonds. The van der Waals surface area contributed by atoms with Gasteiger partial charge in [0, 0.05) is 4.90 Å². The summed E-state index contributed by atoms with van der Waals surface area (Å²) in [6.45, 7) is 0. The van der Waals surface area contributed by atoms with E-state index in [1.165, 1.54) is 11.8 Å². The average molecular weight is 277 g/mol. The van der Waals surface area contributed by atoms with Crippen molar-refractivity contribution in [1.29, 1.82) is 5.26 Å². The molecule has 0 spiro atoms. The number of primary amides is 2. The molecule has 0 aliphatic heterocycles. The minimum Gasteiger partial charge on any atom is -0.369 e. The Morgan fingerprint density at radius 2 is 1.79 bits per heavy atom. The van der Waals surface area contributed by atoms with Crippen LogP contribution in [0.3, 0.4) is 0 Å². The summed E-state index contributed by atoms with van der Waals surface area (Å²) in [6, 6.07) is 11.3. The van der Waals surface area contributed by atoms with Crippen LogP contribution < -0.4 is 11.5 Å². The number of hydrogen-bond acceptors (Lipinski definition) is 4. The zero-order valence-electron chi connectivity index (χ0n) is 10.3. The van der Waals surface area contributed by atoms with E-state index < -0.39 is 17.2 Å². The molecule has 0 saturated carbocycles. The zero-order chi connectivity index (χ0) is 14.3. The largest absolute Gasteiger partial charge is 0.369 e. The number of hydrogen-bond donors (Lipinski definition) is 2. The standard InChI is InChI=1S/C13H15N3O2S/c14-8-6-13(11(15)17,12(16)18)7-9-19-10-4-2-1-3-5-10/h1-5H,6-7,9H2,(H2,15,17)(H2,16,18). The Morgan fingerprint density at radius 1 is 1.21 bits per heavy atom. The second-order valence-corrected chi connectivity index (χ2v) is 5.23. The topological polar surface area (TPSA) is 110 Å². The number of rotatable bonds is 7. The van der Waals surface area contributed by atoms with Gasteiger partial charge in [-0.1, -0.05) is 18.2 Å². The highest BCUT2D eigenvalue weighted by Crippen LogP contribution is 2.30. The van der Waals surface area contributed by atoms with Gasteiger partial charge >= 0.3 is 0 Å². The summed E-state index contributed by atoms with van der Waals surface area (Å²) in [6.07, 6.45) is -0.127. The van der Waals surface area contributed by atoms with Gasteiger partial charge in [-0.05, 0) is 24.3 Å². The first-order valence-corrected chi connectivity index (χ1v) is 6.66. The molecule has 0 unspecified atom stereocenters. The minimum absolute atomic E-state index is 0.158. The Balaban J connectivity index is 2.72. The second-order valence-electron chi connectivity index (χ2n) is 4.06. The second kappa shape index (κ2) is 6.81. The third-order valence-corrected chi connectivity index (χ3v) is 3.88. The van der Waals surface area contributed by atoms with Gasteiger partial charge in [0.05, 0.1) is 12.5 Å². The monoisotopic (exact) mass is 277 g/mol. The maximum atomic E-state index is 11.5. The first-order chi connectivity index (χ1) is 9.03. The summed E-state index contributed by atoms with van der Waals surface area (Å²) >= 11 is 1.48. The van der Waals surface area contributed by atoms with Gasteiger partial charge in [-0.25, -0.2) is 0 Å². The fourth-order valence-corrected chi connectivity index (χ4v) is 2.66. The lowest BCUT2D eigenvalue weighted by atomic mass is 9.80. The molecule has 0 aromatic heterocycles. The summed E-state index contributed by atoms with van der Waals surface area (Å²) in [5.41, 5.74) is 8.90. The molecule has 4 N–H and O–H groups in total. The van der Waals surface area contributed by atoms with Crippen LogP contribution in [0, 0.1) is 16.7 Å². The highest BCUT2D eigenvalue weighted by atomic mass is 32.2. The van der Waals surface area contributed by atoms with Crippen molar-refractivity contribution < 1.29 is 9.59 Å². The zero-order valence-corrected chi connectivity index (χ0v) is 11.2. The van der Waals surface area contributed by atoms with E-state index in [0.29, 0.717) is 5.75 Å². The number of nitriles is 1. The third-order valence-electron chi connectivity index (χ3n) is 2.86. The van der Waals surface area contributed by atoms with Gasteiger partial charge in [-0.2, -0.15) is 5.26 Å². The minimum atomic E-state index is -1.57. The van der Waals surface area contributed by atoms with Crippen LogP contribution in [0.25, 0.3) is 0 Å². The number of nitrogens with two attached hydrogens (primary N) is 2. The van der Waals surface area contributed by atoms with Crippen molar-refractivity contribution in [3.8, 4) is 6.07 Å². The van der Waals surface area contributed by atoms with E-state index in [0.717, 1.165) is 4.90 Å². The molecule has 0 atom stereocenters. The maximum Gasteiger partial charge on any atom is 0.234 e. The van der Waals surface area contributed by atoms with Crippen LogP contribution in [0.15, 0.2) is 35.2 Å². The molecule has 0 bridgehead atoms. The first kappa shape index (κ1) is 15.1. The van der Waals surface area contributed by atoms with Gasteiger partial charge in [0.2, 0.25) is 11.8 Å². The fraction of sp³-hybridized carbons (Fsp3) is 0.308. The molecular weight excluding hydrogens is 262 g/mol. The van der Waals surface area contributed by atoms with Gasteiger partial charge < -0.3 is 11.5 Å². The predicted octanol–water partition coefficient (Wildman–Crippen LogP) is 1.04. The van der Waals surface area contributed by atoms with E-state index in [1.807, 2.05) is 36.4 Å². The van der Waals surface area contributed by atoms with Crippen LogP contribution in [0.1, 0.15) is 12.8 Å². The molecule has 6 heteroatoms. The van der Waals surface area contributed by atoms with Crippen LogP contribution in [-0.4, -0.2) is 17.6 Å². The Bertz CT molecular complexity index is 482. The van der Waals surface area contributed by atoms with Crippen LogP contribution in [0.4, 0.5) is 0 Å². The van der Waals surface area contributed by atoms with Gasteiger partial charge in [0.15, 0.2) is 0 Å². The average Bonchev–Trinajstić information content (AvgIpc) is 2.38. The van der Waals surface area contributed by atoms with Crippen LogP contribution in [-0.2, 0) is 9.59 Å². The molecule has 1 rings (SSSR count). The Kier molecular flexibility index (Phi) is 5.39. The molecule has 1 aromatic rings. The van der Waals surface area contributed by atoms with E-state index in [1.54, 1.807) is 0 Å². The first-order valence-electron chi connectivity index (χ1n) is 5.67. The smallest absolute Gasteiger partial charge is 0.234 e. The lowest BCUT2D eigenvalue weighted by Crippen LogP contribution is -2.47. The molecule has 0 aliphatic carbocycles. The van der Waals surface area contributed by atoms with Crippen molar-refractivity contribution in [1.82, 2.24) is 0 Å². The molecule has 0 radical (unpaired) electrons. The van der Waals surface area contributed by atoms with Crippen molar-refractivity contribution >= 4 is 23.6 Å². The highest BCUT2D eigenvalue weighted by Gasteiger charge is 2.42. The lowest BCUT2D eigenvalue weighted by Gasteiger charge is -2.23. The van der Waals surface area contributed by atoms with E-state index in [-0.39, 0.29) is 12.8 Å². The van der Waals surface area contributed by atoms with Crippen LogP contribution in [0.2, 0.25) is 0 Å². The Labute approximate surface area is 116 Å². The van der Waals surface area contributed by atoms with Crippen molar-refractivity contribution in [2.45, 2.75) is 17.7 Å². The lowest BCUT2D eigenvalue weighted by molar-refractivity contribution is -0.139. The summed E-state index contributed by atoms with van der Waals surface area (Å²) in [4.78, 5) is 23.9. The van der Waals surface area contributed by atoms with Crippen molar-refractivity contribution in [2.24, 2.45) is 16.9 Å². The quantitative estimate of drug-likeness (QED) is 0.573. The molecule has 5 nitrogen and oxygen atoms in total. The molecule has 1 aromatic carbocycles. The Morgan fingerprint density at radius 3 is 2.26 bits per heavy atom. The van der Waals surface area contributed by atoms with E-state index in [9.17, 15) is 9.59 Å². The van der Waals surface area contributed by atoms with Gasteiger partial charge in [0.25, 0.3) is 0 Å². The molecule has 100 valence electrons. The van der Waals surface area contributed by atoms with Crippen LogP contribution in [0.5, 0.6) is 0 Å². The third kappa shape index (κ3) is 3.73. The van der Waals surface area contributed by atoms with Crippen molar-refractivity contribution in [3.05, 3.63) is 30.3 Å². The molecular formula is C13H15N3O2S. The van der Waals surface area contributed by atoms with E-state index in [2.05, 4.69) is 0 Å². The Hall–Kier alpha value is -2.00. The fourth-order valence-electron chi connectivity index (χ4n) is 1.63. The van der Waals surface area contributed by atoms with Crippen molar-refractivity contribution in [3.63, 3.8) is 0 Å². The normalized spacial score (nSPS) is 10.7. The molecule has 0 heterocycles.